The van der Waals surface area contributed by atoms with Gasteiger partial charge in [-0.05, 0) is 67.6 Å². The molecule has 36 heavy (non-hydrogen) atoms. The maximum atomic E-state index is 14.4. The molecule has 0 aromatic heterocycles. The van der Waals surface area contributed by atoms with E-state index >= 15 is 0 Å². The number of rotatable bonds is 3. The Balaban J connectivity index is 1.85. The highest BCUT2D eigenvalue weighted by Gasteiger charge is 2.74. The van der Waals surface area contributed by atoms with Crippen molar-refractivity contribution >= 4 is 11.6 Å². The summed E-state index contributed by atoms with van der Waals surface area (Å²) in [4.78, 5) is 27.3. The summed E-state index contributed by atoms with van der Waals surface area (Å²) in [6.07, 6.45) is 6.01. The van der Waals surface area contributed by atoms with Crippen LogP contribution >= 0.6 is 0 Å². The molecular weight excluding hydrogens is 452 g/mol. The van der Waals surface area contributed by atoms with E-state index in [1.165, 1.54) is 0 Å². The number of aliphatic hydroxyl groups excluding tert-OH is 3. The van der Waals surface area contributed by atoms with Crippen LogP contribution in [0.2, 0.25) is 0 Å². The number of hydrogen-bond acceptors (Lipinski definition) is 5. The lowest BCUT2D eigenvalue weighted by atomic mass is 9.35. The predicted molar refractivity (Wildman–Crippen MR) is 141 cm³/mol. The van der Waals surface area contributed by atoms with Crippen molar-refractivity contribution in [2.24, 2.45) is 44.3 Å². The van der Waals surface area contributed by atoms with Gasteiger partial charge in [0.15, 0.2) is 5.78 Å². The van der Waals surface area contributed by atoms with E-state index in [9.17, 15) is 24.9 Å². The highest BCUT2D eigenvalue weighted by atomic mass is 16.3. The molecular formula is C31H48O5. The van der Waals surface area contributed by atoms with Crippen LogP contribution in [0.5, 0.6) is 0 Å². The maximum absolute atomic E-state index is 14.4. The van der Waals surface area contributed by atoms with Gasteiger partial charge in [-0.25, -0.2) is 0 Å². The molecule has 0 bridgehead atoms. The van der Waals surface area contributed by atoms with E-state index < -0.39 is 45.4 Å². The molecule has 4 aliphatic rings. The molecule has 202 valence electrons. The van der Waals surface area contributed by atoms with Crippen LogP contribution in [0.15, 0.2) is 23.8 Å². The quantitative estimate of drug-likeness (QED) is 0.473. The van der Waals surface area contributed by atoms with Crippen LogP contribution in [0.4, 0.5) is 0 Å². The van der Waals surface area contributed by atoms with Crippen molar-refractivity contribution in [2.45, 2.75) is 113 Å². The Labute approximate surface area is 217 Å². The fourth-order valence-corrected chi connectivity index (χ4v) is 9.20. The zero-order valence-corrected chi connectivity index (χ0v) is 23.8. The molecule has 5 nitrogen and oxygen atoms in total. The first-order chi connectivity index (χ1) is 16.3. The van der Waals surface area contributed by atoms with Crippen molar-refractivity contribution in [1.82, 2.24) is 0 Å². The fraction of sp³-hybridized carbons (Fsp3) is 0.806. The van der Waals surface area contributed by atoms with Crippen molar-refractivity contribution in [3.63, 3.8) is 0 Å². The molecule has 0 aliphatic heterocycles. The molecule has 0 unspecified atom stereocenters. The Morgan fingerprint density at radius 3 is 2.22 bits per heavy atom. The van der Waals surface area contributed by atoms with Crippen molar-refractivity contribution in [3.05, 3.63) is 23.8 Å². The minimum Gasteiger partial charge on any atom is -0.393 e. The third-order valence-corrected chi connectivity index (χ3v) is 11.4. The summed E-state index contributed by atoms with van der Waals surface area (Å²) >= 11 is 0. The van der Waals surface area contributed by atoms with Gasteiger partial charge in [-0.2, -0.15) is 0 Å². The standard InChI is InChI=1S/C31H48O5/c1-26(2,3)13-12-23(34)28(6,7)31-16-18(32)15-29(31,8)22-11-10-19-20(30(22,9)24(35)17-31)14-21(33)25(36)27(19,4)5/h10,12-13,18,20-23,32-34H,11,14-17H2,1-9H3/b13-12+/t18-,20-,21-,22-,23+,29+,30-,31+/m1/s1. The van der Waals surface area contributed by atoms with E-state index in [2.05, 4.69) is 54.5 Å². The maximum Gasteiger partial charge on any atom is 0.170 e. The fourth-order valence-electron chi connectivity index (χ4n) is 9.20. The van der Waals surface area contributed by atoms with Crippen LogP contribution in [0, 0.1) is 44.3 Å². The normalized spacial score (nSPS) is 43.6. The van der Waals surface area contributed by atoms with E-state index in [0.717, 1.165) is 5.57 Å². The molecule has 0 amide bonds. The van der Waals surface area contributed by atoms with Gasteiger partial charge in [0.2, 0.25) is 0 Å². The summed E-state index contributed by atoms with van der Waals surface area (Å²) in [5.74, 6) is -0.270. The molecule has 0 heterocycles. The summed E-state index contributed by atoms with van der Waals surface area (Å²) in [6, 6.07) is 0. The second-order valence-electron chi connectivity index (χ2n) is 15.1. The Morgan fingerprint density at radius 2 is 1.64 bits per heavy atom. The van der Waals surface area contributed by atoms with E-state index in [1.54, 1.807) is 0 Å². The van der Waals surface area contributed by atoms with Crippen LogP contribution in [0.1, 0.15) is 94.4 Å². The average Bonchev–Trinajstić information content (AvgIpc) is 3.02. The van der Waals surface area contributed by atoms with Gasteiger partial charge in [-0.3, -0.25) is 9.59 Å². The molecule has 0 aromatic carbocycles. The molecule has 5 heteroatoms. The third-order valence-electron chi connectivity index (χ3n) is 11.4. The highest BCUT2D eigenvalue weighted by Crippen LogP contribution is 2.76. The molecule has 4 aliphatic carbocycles. The van der Waals surface area contributed by atoms with Crippen LogP contribution in [0.3, 0.4) is 0 Å². The lowest BCUT2D eigenvalue weighted by molar-refractivity contribution is -0.197. The van der Waals surface area contributed by atoms with Gasteiger partial charge >= 0.3 is 0 Å². The highest BCUT2D eigenvalue weighted by molar-refractivity contribution is 5.94. The number of carbonyl (C=O) groups excluding carboxylic acids is 2. The molecule has 3 N–H and O–H groups in total. The topological polar surface area (TPSA) is 94.8 Å². The van der Waals surface area contributed by atoms with Gasteiger partial charge in [0.05, 0.1) is 12.2 Å². The summed E-state index contributed by atoms with van der Waals surface area (Å²) in [5, 5.41) is 33.4. The van der Waals surface area contributed by atoms with Crippen LogP contribution in [-0.2, 0) is 9.59 Å². The minimum atomic E-state index is -1.07. The first-order valence-corrected chi connectivity index (χ1v) is 13.8. The molecule has 0 aromatic rings. The van der Waals surface area contributed by atoms with Crippen molar-refractivity contribution in [1.29, 1.82) is 0 Å². The Morgan fingerprint density at radius 1 is 1.03 bits per heavy atom. The summed E-state index contributed by atoms with van der Waals surface area (Å²) in [5.41, 5.74) is -2.23. The van der Waals surface area contributed by atoms with Crippen molar-refractivity contribution in [2.75, 3.05) is 0 Å². The lowest BCUT2D eigenvalue weighted by Gasteiger charge is -2.67. The van der Waals surface area contributed by atoms with Crippen LogP contribution in [0.25, 0.3) is 0 Å². The van der Waals surface area contributed by atoms with Gasteiger partial charge in [0.25, 0.3) is 0 Å². The molecule has 0 saturated heterocycles. The van der Waals surface area contributed by atoms with E-state index in [-0.39, 0.29) is 41.7 Å². The number of carbonyl (C=O) groups is 2. The van der Waals surface area contributed by atoms with Crippen LogP contribution < -0.4 is 0 Å². The smallest absolute Gasteiger partial charge is 0.170 e. The molecule has 3 saturated carbocycles. The Kier molecular flexibility index (Phi) is 6.24. The molecule has 4 rings (SSSR count). The van der Waals surface area contributed by atoms with E-state index in [4.69, 9.17) is 0 Å². The minimum absolute atomic E-state index is 0.0496. The summed E-state index contributed by atoms with van der Waals surface area (Å²) < 4.78 is 0. The van der Waals surface area contributed by atoms with E-state index in [0.29, 0.717) is 19.3 Å². The van der Waals surface area contributed by atoms with Gasteiger partial charge in [-0.15, -0.1) is 0 Å². The number of aliphatic hydroxyl groups is 3. The zero-order chi connectivity index (χ0) is 27.3. The number of allylic oxidation sites excluding steroid dienone is 3. The SMILES string of the molecule is CC(C)(C)/C=C/[C@H](O)C(C)(C)[C@]12CC(=O)[C@]3(C)[C@@H]4C[C@@H](O)C(=O)C(C)(C)C4=CC[C@@H]3[C@]1(C)C[C@@H](O)C2. The number of fused-ring (bicyclic) bond motifs is 5. The third kappa shape index (κ3) is 3.51. The van der Waals surface area contributed by atoms with E-state index in [1.807, 2.05) is 26.0 Å². The molecule has 0 radical (unpaired) electrons. The van der Waals surface area contributed by atoms with Gasteiger partial charge in [-0.1, -0.05) is 72.3 Å². The van der Waals surface area contributed by atoms with Crippen molar-refractivity contribution in [3.8, 4) is 0 Å². The number of hydrogen-bond donors (Lipinski definition) is 3. The van der Waals surface area contributed by atoms with Crippen molar-refractivity contribution < 1.29 is 24.9 Å². The second kappa shape index (κ2) is 8.10. The van der Waals surface area contributed by atoms with Gasteiger partial charge < -0.3 is 15.3 Å². The summed E-state index contributed by atoms with van der Waals surface area (Å²) in [6.45, 7) is 18.4. The number of Topliss-reactive ketones (excluding diaryl/α,β-unsaturated/α-hetero) is 2. The first kappa shape index (κ1) is 27.7. The second-order valence-corrected chi connectivity index (χ2v) is 15.1. The van der Waals surface area contributed by atoms with Gasteiger partial charge in [0, 0.05) is 22.7 Å². The number of ketones is 2. The molecule has 3 fully saturated rings. The molecule has 8 atom stereocenters. The monoisotopic (exact) mass is 500 g/mol. The predicted octanol–water partition coefficient (Wildman–Crippen LogP) is 5.02. The average molecular weight is 501 g/mol. The lowest BCUT2D eigenvalue weighted by Crippen LogP contribution is -2.67. The largest absolute Gasteiger partial charge is 0.393 e. The zero-order valence-electron chi connectivity index (χ0n) is 23.8. The Hall–Kier alpha value is -1.30. The molecule has 0 spiro atoms. The van der Waals surface area contributed by atoms with Crippen LogP contribution in [-0.4, -0.2) is 45.2 Å². The Bertz CT molecular complexity index is 1010. The van der Waals surface area contributed by atoms with Gasteiger partial charge in [0.1, 0.15) is 11.9 Å². The summed E-state index contributed by atoms with van der Waals surface area (Å²) in [7, 11) is 0. The first-order valence-electron chi connectivity index (χ1n) is 13.8.